The van der Waals surface area contributed by atoms with Crippen molar-refractivity contribution in [1.82, 2.24) is 10.2 Å². The normalized spacial score (nSPS) is 30.9. The number of nitrogens with two attached hydrogens (primary N) is 1. The number of rotatable bonds is 2. The van der Waals surface area contributed by atoms with E-state index in [9.17, 15) is 4.79 Å². The van der Waals surface area contributed by atoms with Crippen LogP contribution in [0.15, 0.2) is 0 Å². The lowest BCUT2D eigenvalue weighted by Gasteiger charge is -2.23. The Hall–Kier alpha value is -0.770. The summed E-state index contributed by atoms with van der Waals surface area (Å²) in [7, 11) is 0. The molecule has 86 valence electrons. The lowest BCUT2D eigenvalue weighted by molar-refractivity contribution is 0.201. The van der Waals surface area contributed by atoms with Gasteiger partial charge >= 0.3 is 6.03 Å². The van der Waals surface area contributed by atoms with Crippen molar-refractivity contribution in [3.05, 3.63) is 0 Å². The van der Waals surface area contributed by atoms with Crippen molar-refractivity contribution in [2.24, 2.45) is 11.7 Å². The molecule has 2 rings (SSSR count). The second-order valence-electron chi connectivity index (χ2n) is 4.68. The van der Waals surface area contributed by atoms with Crippen LogP contribution in [0.4, 0.5) is 4.79 Å². The molecule has 2 fully saturated rings. The van der Waals surface area contributed by atoms with Crippen molar-refractivity contribution in [3.63, 3.8) is 0 Å². The molecule has 1 heterocycles. The van der Waals surface area contributed by atoms with Crippen LogP contribution in [-0.4, -0.2) is 36.6 Å². The van der Waals surface area contributed by atoms with E-state index in [0.29, 0.717) is 18.5 Å². The van der Waals surface area contributed by atoms with Crippen LogP contribution < -0.4 is 11.1 Å². The van der Waals surface area contributed by atoms with E-state index in [1.807, 2.05) is 4.90 Å². The number of hydrogen-bond acceptors (Lipinski definition) is 2. The highest BCUT2D eigenvalue weighted by Crippen LogP contribution is 2.24. The lowest BCUT2D eigenvalue weighted by Crippen LogP contribution is -2.46. The van der Waals surface area contributed by atoms with E-state index in [1.165, 1.54) is 12.8 Å². The predicted molar refractivity (Wildman–Crippen MR) is 59.5 cm³/mol. The van der Waals surface area contributed by atoms with Crippen LogP contribution in [0, 0.1) is 5.92 Å². The summed E-state index contributed by atoms with van der Waals surface area (Å²) in [6, 6.07) is 0.445. The zero-order valence-corrected chi connectivity index (χ0v) is 9.24. The van der Waals surface area contributed by atoms with E-state index in [-0.39, 0.29) is 6.03 Å². The smallest absolute Gasteiger partial charge is 0.317 e. The van der Waals surface area contributed by atoms with Crippen molar-refractivity contribution in [2.45, 2.75) is 38.1 Å². The van der Waals surface area contributed by atoms with Crippen LogP contribution >= 0.6 is 0 Å². The molecule has 0 aromatic rings. The fourth-order valence-electron chi connectivity index (χ4n) is 2.68. The third-order valence-corrected chi connectivity index (χ3v) is 3.66. The molecule has 1 aliphatic heterocycles. The Morgan fingerprint density at radius 1 is 1.27 bits per heavy atom. The minimum absolute atomic E-state index is 0.123. The molecule has 0 bridgehead atoms. The maximum absolute atomic E-state index is 11.8. The number of carbonyl (C=O) groups is 1. The van der Waals surface area contributed by atoms with E-state index in [1.54, 1.807) is 0 Å². The highest BCUT2D eigenvalue weighted by molar-refractivity contribution is 5.74. The van der Waals surface area contributed by atoms with Crippen molar-refractivity contribution in [3.8, 4) is 0 Å². The van der Waals surface area contributed by atoms with Gasteiger partial charge in [-0.1, -0.05) is 6.42 Å². The molecule has 0 aromatic carbocycles. The summed E-state index contributed by atoms with van der Waals surface area (Å²) in [5.41, 5.74) is 5.69. The number of amides is 2. The molecular formula is C11H21N3O. The van der Waals surface area contributed by atoms with Gasteiger partial charge in [0.25, 0.3) is 0 Å². The van der Waals surface area contributed by atoms with E-state index < -0.39 is 0 Å². The maximum Gasteiger partial charge on any atom is 0.317 e. The van der Waals surface area contributed by atoms with Gasteiger partial charge in [-0.2, -0.15) is 0 Å². The molecular weight excluding hydrogens is 190 g/mol. The van der Waals surface area contributed by atoms with E-state index in [0.717, 1.165) is 32.4 Å². The SMILES string of the molecule is NCC1CCCC1NC(=O)N1CCCC1. The van der Waals surface area contributed by atoms with Crippen molar-refractivity contribution in [2.75, 3.05) is 19.6 Å². The Balaban J connectivity index is 1.82. The zero-order chi connectivity index (χ0) is 10.7. The minimum Gasteiger partial charge on any atom is -0.335 e. The largest absolute Gasteiger partial charge is 0.335 e. The number of likely N-dealkylation sites (tertiary alicyclic amines) is 1. The first kappa shape index (κ1) is 10.7. The van der Waals surface area contributed by atoms with Crippen LogP contribution in [0.25, 0.3) is 0 Å². The summed E-state index contributed by atoms with van der Waals surface area (Å²) >= 11 is 0. The molecule has 0 aromatic heterocycles. The summed E-state index contributed by atoms with van der Waals surface area (Å²) in [6.45, 7) is 2.54. The second kappa shape index (κ2) is 4.84. The highest BCUT2D eigenvalue weighted by atomic mass is 16.2. The fraction of sp³-hybridized carbons (Fsp3) is 0.909. The second-order valence-corrected chi connectivity index (χ2v) is 4.68. The molecule has 4 heteroatoms. The Morgan fingerprint density at radius 3 is 2.67 bits per heavy atom. The molecule has 2 unspecified atom stereocenters. The van der Waals surface area contributed by atoms with Gasteiger partial charge in [-0.05, 0) is 38.1 Å². The first-order valence-electron chi connectivity index (χ1n) is 6.07. The van der Waals surface area contributed by atoms with Gasteiger partial charge in [0, 0.05) is 19.1 Å². The molecule has 1 aliphatic carbocycles. The quantitative estimate of drug-likeness (QED) is 0.713. The molecule has 2 amide bonds. The number of urea groups is 1. The molecule has 1 saturated heterocycles. The average molecular weight is 211 g/mol. The number of hydrogen-bond donors (Lipinski definition) is 2. The maximum atomic E-state index is 11.8. The molecule has 3 N–H and O–H groups in total. The van der Waals surface area contributed by atoms with Gasteiger partial charge in [0.1, 0.15) is 0 Å². The topological polar surface area (TPSA) is 58.4 Å². The molecule has 2 atom stereocenters. The Morgan fingerprint density at radius 2 is 2.00 bits per heavy atom. The summed E-state index contributed by atoms with van der Waals surface area (Å²) in [6.07, 6.45) is 5.77. The van der Waals surface area contributed by atoms with E-state index in [4.69, 9.17) is 5.73 Å². The van der Waals surface area contributed by atoms with E-state index >= 15 is 0 Å². The third-order valence-electron chi connectivity index (χ3n) is 3.66. The average Bonchev–Trinajstić information content (AvgIpc) is 2.87. The van der Waals surface area contributed by atoms with Crippen molar-refractivity contribution >= 4 is 6.03 Å². The van der Waals surface area contributed by atoms with Gasteiger partial charge in [0.05, 0.1) is 0 Å². The molecule has 4 nitrogen and oxygen atoms in total. The molecule has 0 spiro atoms. The first-order valence-corrected chi connectivity index (χ1v) is 6.07. The van der Waals surface area contributed by atoms with Gasteiger partial charge in [-0.3, -0.25) is 0 Å². The minimum atomic E-state index is 0.123. The van der Waals surface area contributed by atoms with E-state index in [2.05, 4.69) is 5.32 Å². The molecule has 1 saturated carbocycles. The van der Waals surface area contributed by atoms with Gasteiger partial charge in [-0.25, -0.2) is 4.79 Å². The summed E-state index contributed by atoms with van der Waals surface area (Å²) in [5, 5.41) is 3.13. The number of nitrogens with one attached hydrogen (secondary N) is 1. The fourth-order valence-corrected chi connectivity index (χ4v) is 2.68. The first-order chi connectivity index (χ1) is 7.31. The standard InChI is InChI=1S/C11H21N3O/c12-8-9-4-3-5-10(9)13-11(15)14-6-1-2-7-14/h9-10H,1-8,12H2,(H,13,15). The number of nitrogens with zero attached hydrogens (tertiary/aromatic N) is 1. The Kier molecular flexibility index (Phi) is 3.46. The molecule has 0 radical (unpaired) electrons. The molecule has 2 aliphatic rings. The lowest BCUT2D eigenvalue weighted by atomic mass is 10.0. The monoisotopic (exact) mass is 211 g/mol. The zero-order valence-electron chi connectivity index (χ0n) is 9.24. The van der Waals surface area contributed by atoms with Gasteiger partial charge in [0.2, 0.25) is 0 Å². The highest BCUT2D eigenvalue weighted by Gasteiger charge is 2.29. The Bertz CT molecular complexity index is 226. The van der Waals surface area contributed by atoms with Crippen LogP contribution in [-0.2, 0) is 0 Å². The Labute approximate surface area is 91.2 Å². The van der Waals surface area contributed by atoms with Crippen molar-refractivity contribution < 1.29 is 4.79 Å². The van der Waals surface area contributed by atoms with Crippen LogP contribution in [0.5, 0.6) is 0 Å². The van der Waals surface area contributed by atoms with Crippen LogP contribution in [0.2, 0.25) is 0 Å². The van der Waals surface area contributed by atoms with Gasteiger partial charge < -0.3 is 16.0 Å². The van der Waals surface area contributed by atoms with Crippen LogP contribution in [0.1, 0.15) is 32.1 Å². The van der Waals surface area contributed by atoms with Crippen molar-refractivity contribution in [1.29, 1.82) is 0 Å². The molecule has 15 heavy (non-hydrogen) atoms. The van der Waals surface area contributed by atoms with Gasteiger partial charge in [0.15, 0.2) is 0 Å². The van der Waals surface area contributed by atoms with Gasteiger partial charge in [-0.15, -0.1) is 0 Å². The van der Waals surface area contributed by atoms with Crippen LogP contribution in [0.3, 0.4) is 0 Å². The third kappa shape index (κ3) is 2.43. The summed E-state index contributed by atoms with van der Waals surface area (Å²) in [5.74, 6) is 0.497. The summed E-state index contributed by atoms with van der Waals surface area (Å²) in [4.78, 5) is 13.8. The summed E-state index contributed by atoms with van der Waals surface area (Å²) < 4.78 is 0. The number of carbonyl (C=O) groups excluding carboxylic acids is 1. The predicted octanol–water partition coefficient (Wildman–Crippen LogP) is 0.919.